The summed E-state index contributed by atoms with van der Waals surface area (Å²) in [5.74, 6) is -1.54. The standard InChI is InChI=1S/C21H22N4O6/c1-2-31-21(28)16-11-15(12-18(13-16)25(29)30)20(27)24-9-5-14(6-10-24)19(26)23-17-3-7-22-8-4-17/h3-4,7-8,11-14H,2,5-6,9-10H2,1H3,(H,22,23,26). The van der Waals surface area contributed by atoms with Gasteiger partial charge in [-0.05, 0) is 38.0 Å². The van der Waals surface area contributed by atoms with Crippen molar-refractivity contribution in [2.24, 2.45) is 5.92 Å². The van der Waals surface area contributed by atoms with Gasteiger partial charge in [0.15, 0.2) is 0 Å². The molecule has 1 aromatic heterocycles. The van der Waals surface area contributed by atoms with Crippen molar-refractivity contribution >= 4 is 29.2 Å². The Hall–Kier alpha value is -3.82. The molecule has 10 nitrogen and oxygen atoms in total. The predicted molar refractivity (Wildman–Crippen MR) is 111 cm³/mol. The van der Waals surface area contributed by atoms with E-state index in [0.717, 1.165) is 12.1 Å². The van der Waals surface area contributed by atoms with Crippen LogP contribution in [0.4, 0.5) is 11.4 Å². The number of carbonyl (C=O) groups excluding carboxylic acids is 3. The highest BCUT2D eigenvalue weighted by Crippen LogP contribution is 2.24. The number of piperidine rings is 1. The number of non-ortho nitro benzene ring substituents is 1. The van der Waals surface area contributed by atoms with Gasteiger partial charge in [0.25, 0.3) is 11.6 Å². The molecular weight excluding hydrogens is 404 g/mol. The number of nitro benzene ring substituents is 1. The minimum atomic E-state index is -0.730. The number of pyridine rings is 1. The highest BCUT2D eigenvalue weighted by molar-refractivity contribution is 5.99. The van der Waals surface area contributed by atoms with Gasteiger partial charge >= 0.3 is 5.97 Å². The zero-order valence-electron chi connectivity index (χ0n) is 16.9. The number of amides is 2. The summed E-state index contributed by atoms with van der Waals surface area (Å²) < 4.78 is 4.90. The number of esters is 1. The largest absolute Gasteiger partial charge is 0.462 e. The Morgan fingerprint density at radius 1 is 1.16 bits per heavy atom. The molecule has 162 valence electrons. The molecule has 0 saturated carbocycles. The number of hydrogen-bond acceptors (Lipinski definition) is 7. The molecule has 3 rings (SSSR count). The van der Waals surface area contributed by atoms with Crippen molar-refractivity contribution in [3.63, 3.8) is 0 Å². The van der Waals surface area contributed by atoms with E-state index in [1.54, 1.807) is 31.5 Å². The number of hydrogen-bond donors (Lipinski definition) is 1. The average molecular weight is 426 g/mol. The second kappa shape index (κ2) is 9.79. The van der Waals surface area contributed by atoms with Crippen LogP contribution in [0.3, 0.4) is 0 Å². The fourth-order valence-corrected chi connectivity index (χ4v) is 3.38. The van der Waals surface area contributed by atoms with Gasteiger partial charge in [-0.2, -0.15) is 0 Å². The van der Waals surface area contributed by atoms with Crippen molar-refractivity contribution in [1.29, 1.82) is 0 Å². The number of rotatable bonds is 6. The smallest absolute Gasteiger partial charge is 0.338 e. The van der Waals surface area contributed by atoms with Crippen LogP contribution in [0.1, 0.15) is 40.5 Å². The molecule has 10 heteroatoms. The number of nitrogens with one attached hydrogen (secondary N) is 1. The van der Waals surface area contributed by atoms with Crippen molar-refractivity contribution in [3.8, 4) is 0 Å². The van der Waals surface area contributed by atoms with E-state index in [1.807, 2.05) is 0 Å². The number of anilines is 1. The molecule has 2 amide bonds. The van der Waals surface area contributed by atoms with Crippen molar-refractivity contribution in [2.75, 3.05) is 25.0 Å². The topological polar surface area (TPSA) is 132 Å². The van der Waals surface area contributed by atoms with Gasteiger partial charge < -0.3 is 15.0 Å². The van der Waals surface area contributed by atoms with Crippen molar-refractivity contribution in [3.05, 3.63) is 64.0 Å². The Kier molecular flexibility index (Phi) is 6.91. The van der Waals surface area contributed by atoms with E-state index < -0.39 is 16.8 Å². The molecule has 0 bridgehead atoms. The molecule has 0 radical (unpaired) electrons. The van der Waals surface area contributed by atoms with E-state index in [-0.39, 0.29) is 35.2 Å². The lowest BCUT2D eigenvalue weighted by Gasteiger charge is -2.31. The quantitative estimate of drug-likeness (QED) is 0.427. The Morgan fingerprint density at radius 2 is 1.81 bits per heavy atom. The molecular formula is C21H22N4O6. The molecule has 1 N–H and O–H groups in total. The van der Waals surface area contributed by atoms with E-state index in [0.29, 0.717) is 31.6 Å². The fraction of sp³-hybridized carbons (Fsp3) is 0.333. The zero-order valence-corrected chi connectivity index (χ0v) is 16.9. The summed E-state index contributed by atoms with van der Waals surface area (Å²) in [4.78, 5) is 53.4. The van der Waals surface area contributed by atoms with Gasteiger partial charge in [0, 0.05) is 54.8 Å². The third-order valence-electron chi connectivity index (χ3n) is 4.99. The van der Waals surface area contributed by atoms with E-state index in [9.17, 15) is 24.5 Å². The number of nitrogens with zero attached hydrogens (tertiary/aromatic N) is 3. The maximum atomic E-state index is 12.9. The Morgan fingerprint density at radius 3 is 2.42 bits per heavy atom. The highest BCUT2D eigenvalue weighted by Gasteiger charge is 2.29. The third-order valence-corrected chi connectivity index (χ3v) is 4.99. The van der Waals surface area contributed by atoms with Crippen molar-refractivity contribution in [2.45, 2.75) is 19.8 Å². The van der Waals surface area contributed by atoms with Crippen LogP contribution in [0.2, 0.25) is 0 Å². The van der Waals surface area contributed by atoms with Crippen LogP contribution in [0, 0.1) is 16.0 Å². The molecule has 0 atom stereocenters. The molecule has 2 aromatic rings. The van der Waals surface area contributed by atoms with Gasteiger partial charge in [0.2, 0.25) is 5.91 Å². The van der Waals surface area contributed by atoms with Crippen LogP contribution in [0.15, 0.2) is 42.7 Å². The highest BCUT2D eigenvalue weighted by atomic mass is 16.6. The molecule has 31 heavy (non-hydrogen) atoms. The van der Waals surface area contributed by atoms with E-state index in [1.165, 1.54) is 11.0 Å². The molecule has 2 heterocycles. The number of carbonyl (C=O) groups is 3. The molecule has 1 aromatic carbocycles. The number of benzene rings is 1. The number of likely N-dealkylation sites (tertiary alicyclic amines) is 1. The summed E-state index contributed by atoms with van der Waals surface area (Å²) in [6.07, 6.45) is 4.09. The minimum Gasteiger partial charge on any atom is -0.462 e. The maximum absolute atomic E-state index is 12.9. The normalized spacial score (nSPS) is 14.0. The first-order valence-corrected chi connectivity index (χ1v) is 9.85. The molecule has 1 aliphatic rings. The third kappa shape index (κ3) is 5.41. The summed E-state index contributed by atoms with van der Waals surface area (Å²) in [6, 6.07) is 6.92. The lowest BCUT2D eigenvalue weighted by atomic mass is 9.95. The monoisotopic (exact) mass is 426 g/mol. The molecule has 0 unspecified atom stereocenters. The first-order valence-electron chi connectivity index (χ1n) is 9.85. The second-order valence-electron chi connectivity index (χ2n) is 7.04. The van der Waals surface area contributed by atoms with E-state index in [4.69, 9.17) is 4.74 Å². The van der Waals surface area contributed by atoms with Gasteiger partial charge in [-0.1, -0.05) is 0 Å². The Balaban J connectivity index is 1.68. The van der Waals surface area contributed by atoms with Gasteiger partial charge in [-0.25, -0.2) is 4.79 Å². The van der Waals surface area contributed by atoms with Crippen LogP contribution in [-0.2, 0) is 9.53 Å². The lowest BCUT2D eigenvalue weighted by Crippen LogP contribution is -2.41. The van der Waals surface area contributed by atoms with Crippen LogP contribution >= 0.6 is 0 Å². The number of nitro groups is 1. The average Bonchev–Trinajstić information content (AvgIpc) is 2.79. The summed E-state index contributed by atoms with van der Waals surface area (Å²) in [6.45, 7) is 2.38. The molecule has 1 saturated heterocycles. The summed E-state index contributed by atoms with van der Waals surface area (Å²) in [5.41, 5.74) is 0.282. The molecule has 0 spiro atoms. The van der Waals surface area contributed by atoms with Gasteiger partial charge in [0.05, 0.1) is 17.1 Å². The summed E-state index contributed by atoms with van der Waals surface area (Å²) in [7, 11) is 0. The summed E-state index contributed by atoms with van der Waals surface area (Å²) in [5, 5.41) is 14.1. The number of ether oxygens (including phenoxy) is 1. The van der Waals surface area contributed by atoms with Crippen LogP contribution in [-0.4, -0.2) is 52.3 Å². The second-order valence-corrected chi connectivity index (χ2v) is 7.04. The van der Waals surface area contributed by atoms with E-state index in [2.05, 4.69) is 10.3 Å². The predicted octanol–water partition coefficient (Wildman–Crippen LogP) is 2.66. The van der Waals surface area contributed by atoms with E-state index >= 15 is 0 Å². The first kappa shape index (κ1) is 21.9. The Labute approximate surface area is 178 Å². The zero-order chi connectivity index (χ0) is 22.4. The molecule has 1 fully saturated rings. The fourth-order valence-electron chi connectivity index (χ4n) is 3.38. The van der Waals surface area contributed by atoms with Gasteiger partial charge in [-0.3, -0.25) is 24.7 Å². The Bertz CT molecular complexity index is 987. The van der Waals surface area contributed by atoms with Crippen LogP contribution in [0.5, 0.6) is 0 Å². The van der Waals surface area contributed by atoms with Crippen molar-refractivity contribution < 1.29 is 24.0 Å². The number of aromatic nitrogens is 1. The van der Waals surface area contributed by atoms with Crippen molar-refractivity contribution in [1.82, 2.24) is 9.88 Å². The minimum absolute atomic E-state index is 0.0388. The van der Waals surface area contributed by atoms with Crippen LogP contribution < -0.4 is 5.32 Å². The van der Waals surface area contributed by atoms with Crippen LogP contribution in [0.25, 0.3) is 0 Å². The van der Waals surface area contributed by atoms with Gasteiger partial charge in [-0.15, -0.1) is 0 Å². The maximum Gasteiger partial charge on any atom is 0.338 e. The molecule has 0 aliphatic carbocycles. The van der Waals surface area contributed by atoms with Gasteiger partial charge in [0.1, 0.15) is 0 Å². The molecule has 1 aliphatic heterocycles. The first-order chi connectivity index (χ1) is 14.9. The SMILES string of the molecule is CCOC(=O)c1cc(C(=O)N2CCC(C(=O)Nc3ccncc3)CC2)cc([N+](=O)[O-])c1. The summed E-state index contributed by atoms with van der Waals surface area (Å²) >= 11 is 0. The lowest BCUT2D eigenvalue weighted by molar-refractivity contribution is -0.384.